The zero-order chi connectivity index (χ0) is 13.1. The van der Waals surface area contributed by atoms with Gasteiger partial charge in [-0.2, -0.15) is 0 Å². The van der Waals surface area contributed by atoms with Crippen molar-refractivity contribution in [3.63, 3.8) is 0 Å². The largest absolute Gasteiger partial charge is 0.594 e. The van der Waals surface area contributed by atoms with Crippen LogP contribution in [0.5, 0.6) is 0 Å². The first-order chi connectivity index (χ1) is 9.33. The van der Waals surface area contributed by atoms with E-state index in [1.54, 1.807) is 18.2 Å². The molecule has 92 valence electrons. The van der Waals surface area contributed by atoms with Gasteiger partial charge in [0.25, 0.3) is 0 Å². The van der Waals surface area contributed by atoms with E-state index < -0.39 is 0 Å². The van der Waals surface area contributed by atoms with Crippen LogP contribution < -0.4 is 0 Å². The third-order valence-corrected chi connectivity index (χ3v) is 2.92. The van der Waals surface area contributed by atoms with Crippen LogP contribution in [0.2, 0.25) is 0 Å². The molecule has 0 aliphatic rings. The molecular weight excluding hydrogens is 236 g/mol. The molecule has 3 nitrogen and oxygen atoms in total. The zero-order valence-corrected chi connectivity index (χ0v) is 10.2. The van der Waals surface area contributed by atoms with Gasteiger partial charge in [-0.3, -0.25) is 0 Å². The molecule has 0 saturated carbocycles. The van der Waals surface area contributed by atoms with Crippen molar-refractivity contribution in [1.82, 2.24) is 0 Å². The molecule has 19 heavy (non-hydrogen) atoms. The smallest absolute Gasteiger partial charge is 0.245 e. The molecule has 0 N–H and O–H groups in total. The monoisotopic (exact) mass is 248 g/mol. The SMILES string of the molecule is [O-][N+](=Nc1ccccc1)c1ccc2ccccc2c1. The summed E-state index contributed by atoms with van der Waals surface area (Å²) in [6.45, 7) is 0. The van der Waals surface area contributed by atoms with Crippen molar-refractivity contribution in [3.05, 3.63) is 78.0 Å². The number of azo groups is 1. The standard InChI is InChI=1S/C16H12N2O/c19-18(17-15-8-2-1-3-9-15)16-11-10-13-6-4-5-7-14(13)12-16/h1-12H. The molecule has 3 aromatic carbocycles. The summed E-state index contributed by atoms with van der Waals surface area (Å²) in [6.07, 6.45) is 0. The summed E-state index contributed by atoms with van der Waals surface area (Å²) in [7, 11) is 0. The van der Waals surface area contributed by atoms with Crippen LogP contribution in [0.25, 0.3) is 10.8 Å². The van der Waals surface area contributed by atoms with Crippen molar-refractivity contribution in [2.24, 2.45) is 5.11 Å². The molecule has 0 amide bonds. The van der Waals surface area contributed by atoms with E-state index in [1.807, 2.05) is 54.6 Å². The Morgan fingerprint density at radius 2 is 1.42 bits per heavy atom. The number of rotatable bonds is 2. The molecule has 0 atom stereocenters. The van der Waals surface area contributed by atoms with E-state index in [0.29, 0.717) is 16.2 Å². The Hall–Kier alpha value is -2.68. The van der Waals surface area contributed by atoms with Gasteiger partial charge >= 0.3 is 0 Å². The zero-order valence-electron chi connectivity index (χ0n) is 10.2. The number of hydrogen-bond donors (Lipinski definition) is 0. The molecule has 0 aliphatic heterocycles. The maximum absolute atomic E-state index is 12.0. The van der Waals surface area contributed by atoms with Gasteiger partial charge in [0.05, 0.1) is 0 Å². The maximum Gasteiger partial charge on any atom is 0.245 e. The third kappa shape index (κ3) is 2.45. The number of nitrogens with zero attached hydrogens (tertiary/aromatic N) is 2. The average molecular weight is 248 g/mol. The van der Waals surface area contributed by atoms with Crippen molar-refractivity contribution < 1.29 is 4.86 Å². The second-order valence-corrected chi connectivity index (χ2v) is 4.24. The van der Waals surface area contributed by atoms with Crippen LogP contribution in [0.3, 0.4) is 0 Å². The van der Waals surface area contributed by atoms with Crippen molar-refractivity contribution in [2.75, 3.05) is 0 Å². The van der Waals surface area contributed by atoms with Crippen LogP contribution in [0.4, 0.5) is 11.4 Å². The van der Waals surface area contributed by atoms with Gasteiger partial charge in [-0.1, -0.05) is 47.3 Å². The second kappa shape index (κ2) is 4.90. The van der Waals surface area contributed by atoms with E-state index in [4.69, 9.17) is 0 Å². The van der Waals surface area contributed by atoms with Crippen LogP contribution in [0.15, 0.2) is 77.9 Å². The number of fused-ring (bicyclic) bond motifs is 1. The Balaban J connectivity index is 2.02. The quantitative estimate of drug-likeness (QED) is 0.366. The second-order valence-electron chi connectivity index (χ2n) is 4.24. The lowest BCUT2D eigenvalue weighted by Crippen LogP contribution is -1.90. The predicted molar refractivity (Wildman–Crippen MR) is 75.8 cm³/mol. The Bertz CT molecular complexity index is 736. The molecule has 0 unspecified atom stereocenters. The summed E-state index contributed by atoms with van der Waals surface area (Å²) in [5, 5.41) is 18.2. The van der Waals surface area contributed by atoms with Gasteiger partial charge < -0.3 is 5.21 Å². The Kier molecular flexibility index (Phi) is 2.94. The van der Waals surface area contributed by atoms with Gasteiger partial charge in [-0.15, -0.1) is 0 Å². The van der Waals surface area contributed by atoms with Crippen LogP contribution in [0, 0.1) is 5.21 Å². The minimum Gasteiger partial charge on any atom is -0.594 e. The van der Waals surface area contributed by atoms with Crippen LogP contribution in [-0.2, 0) is 0 Å². The normalized spacial score (nSPS) is 11.7. The Morgan fingerprint density at radius 1 is 0.737 bits per heavy atom. The molecule has 3 aromatic rings. The minimum absolute atomic E-state index is 0.530. The Labute approximate surface area is 111 Å². The van der Waals surface area contributed by atoms with Crippen LogP contribution in [-0.4, -0.2) is 4.86 Å². The average Bonchev–Trinajstić information content (AvgIpc) is 2.48. The first-order valence-corrected chi connectivity index (χ1v) is 6.06. The first-order valence-electron chi connectivity index (χ1n) is 6.06. The fourth-order valence-corrected chi connectivity index (χ4v) is 1.95. The van der Waals surface area contributed by atoms with E-state index in [9.17, 15) is 5.21 Å². The van der Waals surface area contributed by atoms with Crippen LogP contribution in [0.1, 0.15) is 0 Å². The predicted octanol–water partition coefficient (Wildman–Crippen LogP) is 4.77. The summed E-state index contributed by atoms with van der Waals surface area (Å²) in [5.41, 5.74) is 1.17. The molecular formula is C16H12N2O. The van der Waals surface area contributed by atoms with Gasteiger partial charge in [0.2, 0.25) is 5.69 Å². The first kappa shape index (κ1) is 11.4. The molecule has 0 heterocycles. The van der Waals surface area contributed by atoms with E-state index in [2.05, 4.69) is 5.11 Å². The highest BCUT2D eigenvalue weighted by Gasteiger charge is 2.05. The molecule has 0 fully saturated rings. The highest BCUT2D eigenvalue weighted by Crippen LogP contribution is 2.22. The summed E-state index contributed by atoms with van der Waals surface area (Å²) >= 11 is 0. The molecule has 0 aliphatic carbocycles. The topological polar surface area (TPSA) is 38.4 Å². The molecule has 0 radical (unpaired) electrons. The molecule has 0 aromatic heterocycles. The molecule has 3 rings (SSSR count). The van der Waals surface area contributed by atoms with Gasteiger partial charge in [0.1, 0.15) is 5.69 Å². The Morgan fingerprint density at radius 3 is 2.21 bits per heavy atom. The maximum atomic E-state index is 12.0. The minimum atomic E-state index is 0.530. The van der Waals surface area contributed by atoms with Gasteiger partial charge in [0, 0.05) is 17.2 Å². The van der Waals surface area contributed by atoms with Gasteiger partial charge in [-0.25, -0.2) is 0 Å². The summed E-state index contributed by atoms with van der Waals surface area (Å²) in [6, 6.07) is 22.7. The number of hydrogen-bond acceptors (Lipinski definition) is 2. The van der Waals surface area contributed by atoms with Gasteiger partial charge in [-0.05, 0) is 29.0 Å². The molecule has 0 bridgehead atoms. The van der Waals surface area contributed by atoms with Crippen molar-refractivity contribution in [2.45, 2.75) is 0 Å². The van der Waals surface area contributed by atoms with E-state index in [-0.39, 0.29) is 0 Å². The van der Waals surface area contributed by atoms with Crippen molar-refractivity contribution in [1.29, 1.82) is 0 Å². The summed E-state index contributed by atoms with van der Waals surface area (Å²) in [4.78, 5) is 0.655. The van der Waals surface area contributed by atoms with Crippen LogP contribution >= 0.6 is 0 Å². The lowest BCUT2D eigenvalue weighted by atomic mass is 10.1. The molecule has 0 spiro atoms. The van der Waals surface area contributed by atoms with Crippen molar-refractivity contribution >= 4 is 22.1 Å². The fourth-order valence-electron chi connectivity index (χ4n) is 1.95. The lowest BCUT2D eigenvalue weighted by molar-refractivity contribution is -0.435. The molecule has 3 heteroatoms. The summed E-state index contributed by atoms with van der Waals surface area (Å²) < 4.78 is 0. The summed E-state index contributed by atoms with van der Waals surface area (Å²) in [5.74, 6) is 0. The third-order valence-electron chi connectivity index (χ3n) is 2.92. The highest BCUT2D eigenvalue weighted by molar-refractivity contribution is 5.84. The van der Waals surface area contributed by atoms with Gasteiger partial charge in [0.15, 0.2) is 0 Å². The lowest BCUT2D eigenvalue weighted by Gasteiger charge is -2.01. The van der Waals surface area contributed by atoms with E-state index >= 15 is 0 Å². The van der Waals surface area contributed by atoms with E-state index in [0.717, 1.165) is 10.8 Å². The van der Waals surface area contributed by atoms with E-state index in [1.165, 1.54) is 0 Å². The highest BCUT2D eigenvalue weighted by atomic mass is 16.5. The number of benzene rings is 3. The molecule has 0 saturated heterocycles. The van der Waals surface area contributed by atoms with Crippen molar-refractivity contribution in [3.8, 4) is 0 Å². The fraction of sp³-hybridized carbons (Fsp3) is 0.